The highest BCUT2D eigenvalue weighted by Crippen LogP contribution is 2.39. The van der Waals surface area contributed by atoms with Crippen molar-refractivity contribution in [1.82, 2.24) is 4.98 Å². The highest BCUT2D eigenvalue weighted by molar-refractivity contribution is 7.91. The molecule has 9 heteroatoms. The molecular formula is C23H22Cl2N2O3S2. The Balaban J connectivity index is 1.40. The minimum Gasteiger partial charge on any atom is -0.302 e. The summed E-state index contributed by atoms with van der Waals surface area (Å²) in [4.78, 5) is 18.5. The molecule has 1 heterocycles. The van der Waals surface area contributed by atoms with E-state index in [2.05, 4.69) is 10.3 Å². The van der Waals surface area contributed by atoms with Crippen molar-refractivity contribution < 1.29 is 13.2 Å². The molecule has 5 nitrogen and oxygen atoms in total. The van der Waals surface area contributed by atoms with Crippen molar-refractivity contribution in [3.63, 3.8) is 0 Å². The zero-order valence-corrected chi connectivity index (χ0v) is 20.5. The van der Waals surface area contributed by atoms with Gasteiger partial charge in [0.2, 0.25) is 5.91 Å². The number of sulfone groups is 1. The van der Waals surface area contributed by atoms with Gasteiger partial charge in [0.1, 0.15) is 0 Å². The molecule has 0 saturated carbocycles. The summed E-state index contributed by atoms with van der Waals surface area (Å²) in [5, 5.41) is 4.78. The van der Waals surface area contributed by atoms with Gasteiger partial charge in [0.05, 0.1) is 22.8 Å². The molecule has 2 aromatic carbocycles. The Kier molecular flexibility index (Phi) is 6.91. The van der Waals surface area contributed by atoms with Crippen molar-refractivity contribution in [1.29, 1.82) is 0 Å². The largest absolute Gasteiger partial charge is 0.302 e. The number of hydrogen-bond acceptors (Lipinski definition) is 5. The number of carbonyl (C=O) groups is 1. The summed E-state index contributed by atoms with van der Waals surface area (Å²) >= 11 is 13.9. The highest BCUT2D eigenvalue weighted by atomic mass is 35.5. The zero-order valence-electron chi connectivity index (χ0n) is 17.4. The van der Waals surface area contributed by atoms with Gasteiger partial charge in [-0.05, 0) is 60.6 Å². The van der Waals surface area contributed by atoms with E-state index in [-0.39, 0.29) is 23.0 Å². The third-order valence-corrected chi connectivity index (χ3v) is 8.96. The smallest absolute Gasteiger partial charge is 0.230 e. The number of halogens is 2. The van der Waals surface area contributed by atoms with Crippen LogP contribution in [0.3, 0.4) is 0 Å². The third kappa shape index (κ3) is 5.17. The Bertz CT molecular complexity index is 1250. The van der Waals surface area contributed by atoms with E-state index in [0.717, 1.165) is 41.0 Å². The van der Waals surface area contributed by atoms with Crippen LogP contribution in [0.5, 0.6) is 0 Å². The lowest BCUT2D eigenvalue weighted by molar-refractivity contribution is -0.115. The lowest BCUT2D eigenvalue weighted by atomic mass is 9.85. The second kappa shape index (κ2) is 9.51. The molecule has 1 aromatic heterocycles. The van der Waals surface area contributed by atoms with Gasteiger partial charge in [-0.1, -0.05) is 48.3 Å². The molecule has 1 aliphatic rings. The van der Waals surface area contributed by atoms with Gasteiger partial charge in [0, 0.05) is 14.9 Å². The number of nitrogens with zero attached hydrogens (tertiary/aromatic N) is 1. The average Bonchev–Trinajstić information content (AvgIpc) is 3.15. The van der Waals surface area contributed by atoms with Crippen LogP contribution in [-0.2, 0) is 33.9 Å². The molecule has 1 atom stereocenters. The van der Waals surface area contributed by atoms with Crippen LogP contribution in [0.1, 0.15) is 41.0 Å². The van der Waals surface area contributed by atoms with E-state index < -0.39 is 9.84 Å². The summed E-state index contributed by atoms with van der Waals surface area (Å²) in [6.45, 7) is 1.61. The van der Waals surface area contributed by atoms with Gasteiger partial charge in [0.25, 0.3) is 0 Å². The normalized spacial score (nSPS) is 15.9. The first-order valence-corrected chi connectivity index (χ1v) is 13.5. The molecule has 4 rings (SSSR count). The summed E-state index contributed by atoms with van der Waals surface area (Å²) in [5.41, 5.74) is 2.87. The molecule has 0 bridgehead atoms. The van der Waals surface area contributed by atoms with E-state index in [1.807, 2.05) is 12.1 Å². The number of rotatable bonds is 6. The molecule has 1 N–H and O–H groups in total. The first kappa shape index (κ1) is 23.2. The molecule has 0 aliphatic heterocycles. The van der Waals surface area contributed by atoms with Gasteiger partial charge in [-0.2, -0.15) is 0 Å². The molecule has 0 radical (unpaired) electrons. The molecule has 32 heavy (non-hydrogen) atoms. The van der Waals surface area contributed by atoms with Crippen molar-refractivity contribution in [2.45, 2.75) is 43.4 Å². The Morgan fingerprint density at radius 1 is 1.19 bits per heavy atom. The van der Waals surface area contributed by atoms with Crippen LogP contribution >= 0.6 is 34.5 Å². The van der Waals surface area contributed by atoms with E-state index in [4.69, 9.17) is 23.2 Å². The molecule has 1 aliphatic carbocycles. The van der Waals surface area contributed by atoms with Crippen LogP contribution in [0.15, 0.2) is 47.4 Å². The number of carbonyl (C=O) groups excluding carboxylic acids is 1. The van der Waals surface area contributed by atoms with E-state index in [1.54, 1.807) is 37.3 Å². The number of thiazole rings is 1. The predicted octanol–water partition coefficient (Wildman–Crippen LogP) is 5.70. The lowest BCUT2D eigenvalue weighted by Gasteiger charge is -2.22. The Morgan fingerprint density at radius 2 is 1.94 bits per heavy atom. The summed E-state index contributed by atoms with van der Waals surface area (Å²) < 4.78 is 23.8. The second-order valence-corrected chi connectivity index (χ2v) is 12.0. The molecule has 0 saturated heterocycles. The maximum absolute atomic E-state index is 12.5. The predicted molar refractivity (Wildman–Crippen MR) is 130 cm³/mol. The molecule has 1 amide bonds. The van der Waals surface area contributed by atoms with Crippen LogP contribution < -0.4 is 5.32 Å². The standard InChI is InChI=1S/C23H22Cl2N2O3S2/c1-2-32(29,30)17-7-3-14(4-8-17)11-22(28)27-23-26-20-10-5-15(12-21(20)31-23)18-9-6-16(24)13-19(18)25/h3-4,6-9,13,15H,2,5,10-12H2,1H3,(H,26,27,28). The number of benzene rings is 2. The van der Waals surface area contributed by atoms with Gasteiger partial charge < -0.3 is 5.32 Å². The summed E-state index contributed by atoms with van der Waals surface area (Å²) in [6, 6.07) is 12.1. The van der Waals surface area contributed by atoms with Gasteiger partial charge in [0.15, 0.2) is 15.0 Å². The fourth-order valence-electron chi connectivity index (χ4n) is 3.86. The SMILES string of the molecule is CCS(=O)(=O)c1ccc(CC(=O)Nc2nc3c(s2)CC(c2ccc(Cl)cc2Cl)CC3)cc1. The summed E-state index contributed by atoms with van der Waals surface area (Å²) in [7, 11) is -3.25. The van der Waals surface area contributed by atoms with Crippen LogP contribution in [0.2, 0.25) is 10.0 Å². The first-order chi connectivity index (χ1) is 15.2. The molecule has 1 unspecified atom stereocenters. The second-order valence-electron chi connectivity index (χ2n) is 7.77. The van der Waals surface area contributed by atoms with Gasteiger partial charge in [-0.3, -0.25) is 4.79 Å². The van der Waals surface area contributed by atoms with Gasteiger partial charge in [-0.15, -0.1) is 11.3 Å². The Morgan fingerprint density at radius 3 is 2.62 bits per heavy atom. The molecule has 0 spiro atoms. The lowest BCUT2D eigenvalue weighted by Crippen LogP contribution is -2.14. The monoisotopic (exact) mass is 508 g/mol. The number of aromatic nitrogens is 1. The minimum atomic E-state index is -3.25. The number of amides is 1. The molecule has 168 valence electrons. The molecule has 0 fully saturated rings. The fraction of sp³-hybridized carbons (Fsp3) is 0.304. The van der Waals surface area contributed by atoms with Crippen LogP contribution in [0.4, 0.5) is 5.13 Å². The van der Waals surface area contributed by atoms with Crippen molar-refractivity contribution in [3.8, 4) is 0 Å². The van der Waals surface area contributed by atoms with Crippen LogP contribution in [0, 0.1) is 0 Å². The number of anilines is 1. The van der Waals surface area contributed by atoms with E-state index in [9.17, 15) is 13.2 Å². The third-order valence-electron chi connectivity index (χ3n) is 5.62. The van der Waals surface area contributed by atoms with E-state index in [0.29, 0.717) is 21.1 Å². The quantitative estimate of drug-likeness (QED) is 0.463. The first-order valence-electron chi connectivity index (χ1n) is 10.3. The van der Waals surface area contributed by atoms with Crippen molar-refractivity contribution >= 4 is 55.4 Å². The van der Waals surface area contributed by atoms with Crippen molar-refractivity contribution in [2.24, 2.45) is 0 Å². The van der Waals surface area contributed by atoms with Crippen molar-refractivity contribution in [3.05, 3.63) is 74.2 Å². The van der Waals surface area contributed by atoms with E-state index in [1.165, 1.54) is 11.3 Å². The minimum absolute atomic E-state index is 0.0482. The summed E-state index contributed by atoms with van der Waals surface area (Å²) in [6.07, 6.45) is 2.76. The van der Waals surface area contributed by atoms with Crippen LogP contribution in [-0.4, -0.2) is 25.1 Å². The maximum atomic E-state index is 12.5. The Labute approximate surface area is 201 Å². The molecule has 3 aromatic rings. The number of nitrogens with one attached hydrogen (secondary N) is 1. The van der Waals surface area contributed by atoms with Gasteiger partial charge >= 0.3 is 0 Å². The summed E-state index contributed by atoms with van der Waals surface area (Å²) in [5.74, 6) is 0.167. The van der Waals surface area contributed by atoms with E-state index >= 15 is 0 Å². The van der Waals surface area contributed by atoms with Crippen LogP contribution in [0.25, 0.3) is 0 Å². The molecular weight excluding hydrogens is 487 g/mol. The van der Waals surface area contributed by atoms with Crippen molar-refractivity contribution in [2.75, 3.05) is 11.1 Å². The number of hydrogen-bond donors (Lipinski definition) is 1. The van der Waals surface area contributed by atoms with Gasteiger partial charge in [-0.25, -0.2) is 13.4 Å². The fourth-order valence-corrected chi connectivity index (χ4v) is 6.41. The topological polar surface area (TPSA) is 76.1 Å². The Hall–Kier alpha value is -1.93. The maximum Gasteiger partial charge on any atom is 0.230 e. The zero-order chi connectivity index (χ0) is 22.9. The average molecular weight is 509 g/mol. The number of aryl methyl sites for hydroxylation is 1. The highest BCUT2D eigenvalue weighted by Gasteiger charge is 2.25. The number of fused-ring (bicyclic) bond motifs is 1.